The Labute approximate surface area is 278 Å². The van der Waals surface area contributed by atoms with Crippen LogP contribution in [-0.4, -0.2) is 79.1 Å². The number of rotatable bonds is 9. The Kier molecular flexibility index (Phi) is 7.90. The van der Waals surface area contributed by atoms with Crippen LogP contribution >= 0.6 is 11.6 Å². The lowest BCUT2D eigenvalue weighted by atomic mass is 9.72. The highest BCUT2D eigenvalue weighted by Crippen LogP contribution is 2.43. The van der Waals surface area contributed by atoms with Crippen LogP contribution in [0.4, 0.5) is 0 Å². The second-order valence-electron chi connectivity index (χ2n) is 12.4. The van der Waals surface area contributed by atoms with Crippen LogP contribution in [0.5, 0.6) is 17.4 Å². The molecule has 0 radical (unpaired) electrons. The molecule has 2 aromatic heterocycles. The van der Waals surface area contributed by atoms with E-state index in [1.807, 2.05) is 64.2 Å². The third-order valence-electron chi connectivity index (χ3n) is 9.36. The van der Waals surface area contributed by atoms with Gasteiger partial charge in [0.1, 0.15) is 11.5 Å². The van der Waals surface area contributed by atoms with Gasteiger partial charge in [0.05, 0.1) is 48.8 Å². The molecule has 1 amide bonds. The number of methoxy groups -OCH3 is 3. The maximum atomic E-state index is 11.7. The van der Waals surface area contributed by atoms with E-state index in [0.717, 1.165) is 83.5 Å². The molecule has 0 aliphatic carbocycles. The fraction of sp³-hybridized carbons (Fsp3) is 0.270. The van der Waals surface area contributed by atoms with Gasteiger partial charge in [-0.2, -0.15) is 0 Å². The van der Waals surface area contributed by atoms with Crippen LogP contribution in [0.2, 0.25) is 5.02 Å². The molecule has 47 heavy (non-hydrogen) atoms. The minimum atomic E-state index is 0.151. The summed E-state index contributed by atoms with van der Waals surface area (Å²) in [6.45, 7) is 5.99. The van der Waals surface area contributed by atoms with Crippen LogP contribution in [0, 0.1) is 5.41 Å². The molecule has 0 unspecified atom stereocenters. The lowest BCUT2D eigenvalue weighted by Gasteiger charge is -2.60. The minimum absolute atomic E-state index is 0.151. The fourth-order valence-electron chi connectivity index (χ4n) is 7.10. The SMILES string of the molecule is COc1cc(-n2ccc3c(-c4cccc(-c5ccc(CN6CC7(C6)CN(C(C)=O)C7)c(OC)n5)c4Cl)cccc32)cc(OC)c1C=O. The van der Waals surface area contributed by atoms with Gasteiger partial charge in [-0.3, -0.25) is 14.5 Å². The summed E-state index contributed by atoms with van der Waals surface area (Å²) in [7, 11) is 4.71. The number of nitrogens with zero attached hydrogens (tertiary/aromatic N) is 4. The molecule has 9 nitrogen and oxygen atoms in total. The lowest BCUT2D eigenvalue weighted by Crippen LogP contribution is -2.72. The van der Waals surface area contributed by atoms with Crippen molar-refractivity contribution < 1.29 is 23.8 Å². The van der Waals surface area contributed by atoms with Gasteiger partial charge >= 0.3 is 0 Å². The number of ether oxygens (including phenoxy) is 3. The predicted molar refractivity (Wildman–Crippen MR) is 182 cm³/mol. The number of hydrogen-bond acceptors (Lipinski definition) is 7. The van der Waals surface area contributed by atoms with Crippen LogP contribution in [0.1, 0.15) is 22.8 Å². The molecule has 2 fully saturated rings. The number of pyridine rings is 1. The van der Waals surface area contributed by atoms with Crippen molar-refractivity contribution in [3.8, 4) is 45.5 Å². The van der Waals surface area contributed by atoms with E-state index in [2.05, 4.69) is 23.1 Å². The Morgan fingerprint density at radius 3 is 2.23 bits per heavy atom. The van der Waals surface area contributed by atoms with Gasteiger partial charge < -0.3 is 23.7 Å². The van der Waals surface area contributed by atoms with E-state index >= 15 is 0 Å². The molecule has 240 valence electrons. The van der Waals surface area contributed by atoms with Gasteiger partial charge in [-0.1, -0.05) is 48.0 Å². The maximum Gasteiger partial charge on any atom is 0.219 e. The summed E-state index contributed by atoms with van der Waals surface area (Å²) in [6.07, 6.45) is 2.72. The van der Waals surface area contributed by atoms with Crippen molar-refractivity contribution in [2.75, 3.05) is 47.5 Å². The van der Waals surface area contributed by atoms with Crippen molar-refractivity contribution in [2.45, 2.75) is 13.5 Å². The summed E-state index contributed by atoms with van der Waals surface area (Å²) in [6, 6.07) is 21.8. The maximum absolute atomic E-state index is 11.7. The summed E-state index contributed by atoms with van der Waals surface area (Å²) in [5.41, 5.74) is 6.78. The zero-order valence-corrected chi connectivity index (χ0v) is 27.5. The molecule has 7 rings (SSSR count). The van der Waals surface area contributed by atoms with E-state index in [1.54, 1.807) is 14.0 Å². The number of hydrogen-bond donors (Lipinski definition) is 0. The molecular weight excluding hydrogens is 616 g/mol. The van der Waals surface area contributed by atoms with Gasteiger partial charge in [-0.05, 0) is 23.8 Å². The summed E-state index contributed by atoms with van der Waals surface area (Å²) < 4.78 is 18.8. The quantitative estimate of drug-likeness (QED) is 0.168. The van der Waals surface area contributed by atoms with Gasteiger partial charge in [0.25, 0.3) is 0 Å². The average Bonchev–Trinajstić information content (AvgIpc) is 3.49. The van der Waals surface area contributed by atoms with E-state index in [-0.39, 0.29) is 11.3 Å². The summed E-state index contributed by atoms with van der Waals surface area (Å²) >= 11 is 7.16. The van der Waals surface area contributed by atoms with Crippen LogP contribution < -0.4 is 14.2 Å². The standard InChI is InChI=1S/C37H35ClN4O5/c1-23(44)41-21-37(22-41)19-40(20-37)17-24-11-12-31(39-36(24)47-4)29-9-5-8-28(35(29)38)26-7-6-10-32-27(26)13-14-42(32)25-15-33(45-2)30(18-43)34(16-25)46-3/h5-16,18H,17,19-22H2,1-4H3. The number of aromatic nitrogens is 2. The zero-order valence-electron chi connectivity index (χ0n) is 26.7. The molecule has 0 atom stereocenters. The Hall–Kier alpha value is -4.86. The van der Waals surface area contributed by atoms with Crippen LogP contribution in [0.3, 0.4) is 0 Å². The van der Waals surface area contributed by atoms with Gasteiger partial charge in [0.15, 0.2) is 6.29 Å². The monoisotopic (exact) mass is 650 g/mol. The van der Waals surface area contributed by atoms with E-state index < -0.39 is 0 Å². The number of carbonyl (C=O) groups excluding carboxylic acids is 2. The summed E-state index contributed by atoms with van der Waals surface area (Å²) in [5.74, 6) is 1.60. The molecule has 2 aliphatic heterocycles. The molecule has 2 saturated heterocycles. The topological polar surface area (TPSA) is 86.1 Å². The Balaban J connectivity index is 1.18. The first-order valence-electron chi connectivity index (χ1n) is 15.4. The molecule has 0 saturated carbocycles. The first-order chi connectivity index (χ1) is 22.8. The number of carbonyl (C=O) groups is 2. The largest absolute Gasteiger partial charge is 0.496 e. The van der Waals surface area contributed by atoms with Crippen molar-refractivity contribution in [3.63, 3.8) is 0 Å². The second-order valence-corrected chi connectivity index (χ2v) is 12.7. The highest BCUT2D eigenvalue weighted by molar-refractivity contribution is 6.36. The van der Waals surface area contributed by atoms with E-state index in [9.17, 15) is 9.59 Å². The first-order valence-corrected chi connectivity index (χ1v) is 15.8. The van der Waals surface area contributed by atoms with Gasteiger partial charge in [0, 0.05) is 85.5 Å². The number of amides is 1. The second kappa shape index (κ2) is 12.1. The Bertz CT molecular complexity index is 2000. The van der Waals surface area contributed by atoms with Crippen LogP contribution in [0.25, 0.3) is 39.0 Å². The summed E-state index contributed by atoms with van der Waals surface area (Å²) in [4.78, 5) is 32.5. The van der Waals surface area contributed by atoms with Crippen molar-refractivity contribution in [3.05, 3.63) is 89.1 Å². The normalized spacial score (nSPS) is 15.3. The molecule has 0 bridgehead atoms. The predicted octanol–water partition coefficient (Wildman–Crippen LogP) is 6.52. The smallest absolute Gasteiger partial charge is 0.219 e. The highest BCUT2D eigenvalue weighted by Gasteiger charge is 2.52. The number of aldehydes is 1. The Morgan fingerprint density at radius 2 is 1.57 bits per heavy atom. The first kappa shape index (κ1) is 30.8. The average molecular weight is 651 g/mol. The Morgan fingerprint density at radius 1 is 0.894 bits per heavy atom. The number of likely N-dealkylation sites (tertiary alicyclic amines) is 2. The summed E-state index contributed by atoms with van der Waals surface area (Å²) in [5, 5.41) is 1.61. The minimum Gasteiger partial charge on any atom is -0.496 e. The van der Waals surface area contributed by atoms with E-state index in [0.29, 0.717) is 28.0 Å². The van der Waals surface area contributed by atoms with Crippen LogP contribution in [-0.2, 0) is 11.3 Å². The number of benzene rings is 3. The van der Waals surface area contributed by atoms with Gasteiger partial charge in [-0.25, -0.2) is 4.98 Å². The van der Waals surface area contributed by atoms with Crippen molar-refractivity contribution >= 4 is 34.7 Å². The molecule has 3 aromatic carbocycles. The molecular formula is C37H35ClN4O5. The molecule has 5 aromatic rings. The molecule has 10 heteroatoms. The van der Waals surface area contributed by atoms with E-state index in [4.69, 9.17) is 30.8 Å². The third kappa shape index (κ3) is 5.29. The van der Waals surface area contributed by atoms with Gasteiger partial charge in [-0.15, -0.1) is 0 Å². The molecule has 4 heterocycles. The van der Waals surface area contributed by atoms with Gasteiger partial charge in [0.2, 0.25) is 11.8 Å². The fourth-order valence-corrected chi connectivity index (χ4v) is 7.43. The van der Waals surface area contributed by atoms with E-state index in [1.165, 1.54) is 14.2 Å². The van der Waals surface area contributed by atoms with Crippen LogP contribution in [0.15, 0.2) is 72.9 Å². The number of fused-ring (bicyclic) bond motifs is 1. The lowest BCUT2D eigenvalue weighted by molar-refractivity contribution is -0.157. The highest BCUT2D eigenvalue weighted by atomic mass is 35.5. The molecule has 2 aliphatic rings. The third-order valence-corrected chi connectivity index (χ3v) is 9.77. The number of halogens is 1. The van der Waals surface area contributed by atoms with Crippen molar-refractivity contribution in [2.24, 2.45) is 5.41 Å². The van der Waals surface area contributed by atoms with Crippen molar-refractivity contribution in [1.29, 1.82) is 0 Å². The zero-order chi connectivity index (χ0) is 32.9. The molecule has 0 N–H and O–H groups in total. The molecule has 1 spiro atoms. The van der Waals surface area contributed by atoms with Crippen molar-refractivity contribution in [1.82, 2.24) is 19.4 Å².